The van der Waals surface area contributed by atoms with Gasteiger partial charge >= 0.3 is 7.82 Å². The summed E-state index contributed by atoms with van der Waals surface area (Å²) in [5, 5.41) is 13.3. The van der Waals surface area contributed by atoms with E-state index in [0.717, 1.165) is 19.3 Å². The summed E-state index contributed by atoms with van der Waals surface area (Å²) in [4.78, 5) is 21.6. The number of rotatable bonds is 35. The molecule has 0 aliphatic rings. The van der Waals surface area contributed by atoms with E-state index in [1.54, 1.807) is 0 Å². The van der Waals surface area contributed by atoms with Crippen LogP contribution in [0.2, 0.25) is 0 Å². The fourth-order valence-electron chi connectivity index (χ4n) is 5.85. The van der Waals surface area contributed by atoms with E-state index in [1.165, 1.54) is 148 Å². The number of aliphatic hydroxyl groups excluding tert-OH is 1. The molecule has 0 saturated carbocycles. The van der Waals surface area contributed by atoms with Crippen LogP contribution in [0.3, 0.4) is 0 Å². The van der Waals surface area contributed by atoms with Gasteiger partial charge in [0.2, 0.25) is 5.91 Å². The molecular weight excluding hydrogens is 599 g/mol. The summed E-state index contributed by atoms with van der Waals surface area (Å²) >= 11 is 0. The Morgan fingerprint density at radius 2 is 1.00 bits per heavy atom. The lowest BCUT2D eigenvalue weighted by Gasteiger charge is -2.26. The number of unbranched alkanes of at least 4 members (excludes halogenated alkanes) is 24. The molecule has 0 bridgehead atoms. The van der Waals surface area contributed by atoms with Crippen molar-refractivity contribution in [2.75, 3.05) is 40.9 Å². The van der Waals surface area contributed by atoms with E-state index in [4.69, 9.17) is 9.05 Å². The summed E-state index contributed by atoms with van der Waals surface area (Å²) in [6.07, 6.45) is 33.4. The van der Waals surface area contributed by atoms with E-state index in [2.05, 4.69) is 12.2 Å². The number of carbonyl (C=O) groups is 1. The highest BCUT2D eigenvalue weighted by atomic mass is 31.2. The van der Waals surface area contributed by atoms with Crippen LogP contribution >= 0.6 is 7.82 Å². The molecule has 0 aromatic carbocycles. The second-order valence-electron chi connectivity index (χ2n) is 14.8. The number of quaternary nitrogens is 1. The second kappa shape index (κ2) is 30.6. The molecule has 276 valence electrons. The lowest BCUT2D eigenvalue weighted by atomic mass is 10.0. The predicted octanol–water partition coefficient (Wildman–Crippen LogP) is 9.85. The molecule has 0 radical (unpaired) electrons. The van der Waals surface area contributed by atoms with E-state index >= 15 is 0 Å². The molecule has 0 rings (SSSR count). The van der Waals surface area contributed by atoms with Gasteiger partial charge in [0.25, 0.3) is 0 Å². The number of hydrogen-bond donors (Lipinski definition) is 3. The molecule has 0 aliphatic carbocycles. The zero-order valence-electron chi connectivity index (χ0n) is 31.1. The van der Waals surface area contributed by atoms with Crippen LogP contribution in [0.25, 0.3) is 0 Å². The van der Waals surface area contributed by atoms with Crippen molar-refractivity contribution in [3.63, 3.8) is 0 Å². The zero-order valence-corrected chi connectivity index (χ0v) is 32.0. The Bertz CT molecular complexity index is 733. The summed E-state index contributed by atoms with van der Waals surface area (Å²) in [6, 6.07) is -0.755. The SMILES string of the molecule is CCCCCCCCCCCCCCCCCCCCCCCCCCCC(O)C(COP(=O)(O)OCC[N+](C)(C)C)NC(C)=O. The minimum Gasteiger partial charge on any atom is -0.391 e. The van der Waals surface area contributed by atoms with Crippen molar-refractivity contribution >= 4 is 13.7 Å². The van der Waals surface area contributed by atoms with Gasteiger partial charge in [-0.25, -0.2) is 4.57 Å². The Balaban J connectivity index is 3.63. The third kappa shape index (κ3) is 33.4. The fraction of sp³-hybridized carbons (Fsp3) is 0.973. The Kier molecular flexibility index (Phi) is 30.2. The van der Waals surface area contributed by atoms with Gasteiger partial charge in [-0.1, -0.05) is 167 Å². The molecule has 3 N–H and O–H groups in total. The van der Waals surface area contributed by atoms with Gasteiger partial charge in [0.05, 0.1) is 39.9 Å². The monoisotopic (exact) mass is 678 g/mol. The number of nitrogens with zero attached hydrogens (tertiary/aromatic N) is 1. The number of aliphatic hydroxyl groups is 1. The topological polar surface area (TPSA) is 105 Å². The smallest absolute Gasteiger partial charge is 0.391 e. The summed E-state index contributed by atoms with van der Waals surface area (Å²) in [6.45, 7) is 3.99. The zero-order chi connectivity index (χ0) is 34.4. The van der Waals surface area contributed by atoms with Crippen molar-refractivity contribution in [3.8, 4) is 0 Å². The normalized spacial score (nSPS) is 14.7. The number of carbonyl (C=O) groups excluding carboxylic acids is 1. The summed E-state index contributed by atoms with van der Waals surface area (Å²) in [7, 11) is 1.61. The Hall–Kier alpha value is -0.500. The third-order valence-corrected chi connectivity index (χ3v) is 9.87. The van der Waals surface area contributed by atoms with Crippen molar-refractivity contribution in [3.05, 3.63) is 0 Å². The number of phosphoric acid groups is 1. The largest absolute Gasteiger partial charge is 0.472 e. The first-order valence-electron chi connectivity index (χ1n) is 19.3. The number of amides is 1. The van der Waals surface area contributed by atoms with Crippen molar-refractivity contribution < 1.29 is 32.9 Å². The van der Waals surface area contributed by atoms with E-state index < -0.39 is 20.0 Å². The van der Waals surface area contributed by atoms with Gasteiger partial charge < -0.3 is 19.8 Å². The van der Waals surface area contributed by atoms with E-state index in [0.29, 0.717) is 17.4 Å². The Morgan fingerprint density at radius 1 is 0.652 bits per heavy atom. The molecule has 0 spiro atoms. The number of nitrogens with one attached hydrogen (secondary N) is 1. The highest BCUT2D eigenvalue weighted by Gasteiger charge is 2.28. The molecule has 0 aromatic heterocycles. The molecule has 9 heteroatoms. The maximum absolute atomic E-state index is 12.2. The first kappa shape index (κ1) is 45.5. The predicted molar refractivity (Wildman–Crippen MR) is 194 cm³/mol. The first-order valence-corrected chi connectivity index (χ1v) is 20.8. The molecule has 1 amide bonds. The number of hydrogen-bond acceptors (Lipinski definition) is 5. The highest BCUT2D eigenvalue weighted by molar-refractivity contribution is 7.47. The molecule has 3 atom stereocenters. The van der Waals surface area contributed by atoms with Crippen LogP contribution in [0, 0.1) is 0 Å². The van der Waals surface area contributed by atoms with Crippen LogP contribution in [-0.2, 0) is 18.4 Å². The van der Waals surface area contributed by atoms with E-state index in [9.17, 15) is 19.4 Å². The van der Waals surface area contributed by atoms with Crippen molar-refractivity contribution in [2.45, 2.75) is 193 Å². The van der Waals surface area contributed by atoms with Gasteiger partial charge in [0.1, 0.15) is 13.2 Å². The van der Waals surface area contributed by atoms with Crippen molar-refractivity contribution in [1.82, 2.24) is 5.32 Å². The highest BCUT2D eigenvalue weighted by Crippen LogP contribution is 2.43. The van der Waals surface area contributed by atoms with Gasteiger partial charge in [0, 0.05) is 6.92 Å². The van der Waals surface area contributed by atoms with Gasteiger partial charge in [-0.2, -0.15) is 0 Å². The first-order chi connectivity index (χ1) is 22.0. The standard InChI is InChI=1S/C37H77N2O6P/c1-6-7-8-9-10-11-12-13-14-15-16-17-18-19-20-21-22-23-24-25-26-27-28-29-30-31-37(41)36(38-35(2)40)34-45-46(42,43)44-33-32-39(3,4)5/h36-37,41H,6-34H2,1-5H3,(H-,38,40,42,43)/p+1. The van der Waals surface area contributed by atoms with Gasteiger partial charge in [0.15, 0.2) is 0 Å². The van der Waals surface area contributed by atoms with Gasteiger partial charge in [-0.15, -0.1) is 0 Å². The molecule has 0 heterocycles. The molecule has 0 aromatic rings. The Morgan fingerprint density at radius 3 is 1.33 bits per heavy atom. The average Bonchev–Trinajstić information content (AvgIpc) is 2.98. The summed E-state index contributed by atoms with van der Waals surface area (Å²) < 4.78 is 22.9. The third-order valence-electron chi connectivity index (χ3n) is 8.89. The summed E-state index contributed by atoms with van der Waals surface area (Å²) in [5.41, 5.74) is 0. The van der Waals surface area contributed by atoms with Crippen LogP contribution < -0.4 is 5.32 Å². The maximum Gasteiger partial charge on any atom is 0.472 e. The number of phosphoric ester groups is 1. The Labute approximate surface area is 285 Å². The average molecular weight is 678 g/mol. The molecule has 3 unspecified atom stereocenters. The van der Waals surface area contributed by atoms with Gasteiger partial charge in [-0.3, -0.25) is 13.8 Å². The lowest BCUT2D eigenvalue weighted by Crippen LogP contribution is -2.45. The van der Waals surface area contributed by atoms with Crippen LogP contribution in [-0.4, -0.2) is 73.4 Å². The van der Waals surface area contributed by atoms with Crippen LogP contribution in [0.1, 0.15) is 181 Å². The maximum atomic E-state index is 12.2. The van der Waals surface area contributed by atoms with Crippen molar-refractivity contribution in [1.29, 1.82) is 0 Å². The minimum absolute atomic E-state index is 0.0736. The molecule has 0 fully saturated rings. The lowest BCUT2D eigenvalue weighted by molar-refractivity contribution is -0.870. The summed E-state index contributed by atoms with van der Waals surface area (Å²) in [5.74, 6) is -0.318. The number of likely N-dealkylation sites (N-methyl/N-ethyl adjacent to an activating group) is 1. The van der Waals surface area contributed by atoms with E-state index in [1.807, 2.05) is 21.1 Å². The molecule has 0 aliphatic heterocycles. The minimum atomic E-state index is -4.26. The fourth-order valence-corrected chi connectivity index (χ4v) is 6.58. The van der Waals surface area contributed by atoms with Crippen LogP contribution in [0.5, 0.6) is 0 Å². The molecular formula is C37H78N2O6P+. The van der Waals surface area contributed by atoms with Gasteiger partial charge in [-0.05, 0) is 6.42 Å². The molecule has 8 nitrogen and oxygen atoms in total. The van der Waals surface area contributed by atoms with Crippen molar-refractivity contribution in [2.24, 2.45) is 0 Å². The van der Waals surface area contributed by atoms with Crippen LogP contribution in [0.4, 0.5) is 0 Å². The van der Waals surface area contributed by atoms with Crippen LogP contribution in [0.15, 0.2) is 0 Å². The molecule has 0 saturated heterocycles. The quantitative estimate of drug-likeness (QED) is 0.0350. The molecule has 46 heavy (non-hydrogen) atoms. The van der Waals surface area contributed by atoms with E-state index in [-0.39, 0.29) is 19.1 Å². The second-order valence-corrected chi connectivity index (χ2v) is 16.2.